The molecule has 0 aromatic heterocycles. The lowest BCUT2D eigenvalue weighted by molar-refractivity contribution is 0.620. The average Bonchev–Trinajstić information content (AvgIpc) is 2.32. The van der Waals surface area contributed by atoms with E-state index in [4.69, 9.17) is 5.73 Å². The molecule has 0 spiro atoms. The van der Waals surface area contributed by atoms with Gasteiger partial charge in [-0.15, -0.1) is 0 Å². The Hall–Kier alpha value is -0.780. The van der Waals surface area contributed by atoms with Crippen LogP contribution >= 0.6 is 31.9 Å². The van der Waals surface area contributed by atoms with E-state index in [9.17, 15) is 8.78 Å². The minimum absolute atomic E-state index is 0.295. The maximum absolute atomic E-state index is 13.0. The van der Waals surface area contributed by atoms with Crippen molar-refractivity contribution in [3.05, 3.63) is 68.1 Å². The molecule has 1 atom stereocenters. The standard InChI is InChI=1S/C14H11Br2F2N/c15-12-6-9(17)2-1-8(12)5-14(19)11-4-3-10(18)7-13(11)16/h1-4,6-7,14H,5,19H2. The van der Waals surface area contributed by atoms with Crippen LogP contribution in [0.2, 0.25) is 0 Å². The van der Waals surface area contributed by atoms with Gasteiger partial charge in [0.1, 0.15) is 11.6 Å². The molecule has 100 valence electrons. The summed E-state index contributed by atoms with van der Waals surface area (Å²) in [5.74, 6) is -0.613. The molecule has 2 N–H and O–H groups in total. The molecule has 19 heavy (non-hydrogen) atoms. The zero-order chi connectivity index (χ0) is 14.0. The van der Waals surface area contributed by atoms with Crippen molar-refractivity contribution < 1.29 is 8.78 Å². The minimum atomic E-state index is -0.314. The van der Waals surface area contributed by atoms with Gasteiger partial charge in [-0.25, -0.2) is 8.78 Å². The largest absolute Gasteiger partial charge is 0.324 e. The van der Waals surface area contributed by atoms with E-state index < -0.39 is 0 Å². The second-order valence-corrected chi connectivity index (χ2v) is 5.92. The first-order chi connectivity index (χ1) is 8.97. The molecule has 0 aliphatic heterocycles. The van der Waals surface area contributed by atoms with Crippen LogP contribution in [0.4, 0.5) is 8.78 Å². The van der Waals surface area contributed by atoms with Gasteiger partial charge < -0.3 is 5.73 Å². The second kappa shape index (κ2) is 6.11. The van der Waals surface area contributed by atoms with Crippen molar-refractivity contribution in [2.75, 3.05) is 0 Å². The highest BCUT2D eigenvalue weighted by Crippen LogP contribution is 2.28. The molecule has 0 saturated carbocycles. The van der Waals surface area contributed by atoms with Gasteiger partial charge in [0, 0.05) is 15.0 Å². The van der Waals surface area contributed by atoms with E-state index in [1.165, 1.54) is 24.3 Å². The van der Waals surface area contributed by atoms with E-state index in [2.05, 4.69) is 31.9 Å². The van der Waals surface area contributed by atoms with E-state index in [1.54, 1.807) is 12.1 Å². The molecule has 1 nitrogen and oxygen atoms in total. The van der Waals surface area contributed by atoms with Crippen molar-refractivity contribution >= 4 is 31.9 Å². The quantitative estimate of drug-likeness (QED) is 0.805. The Morgan fingerprint density at radius 3 is 2.11 bits per heavy atom. The third kappa shape index (κ3) is 3.61. The molecule has 0 fully saturated rings. The van der Waals surface area contributed by atoms with Gasteiger partial charge in [0.15, 0.2) is 0 Å². The van der Waals surface area contributed by atoms with Gasteiger partial charge in [-0.2, -0.15) is 0 Å². The summed E-state index contributed by atoms with van der Waals surface area (Å²) in [5, 5.41) is 0. The average molecular weight is 391 g/mol. The Bertz CT molecular complexity index is 602. The molecule has 2 aromatic rings. The molecule has 0 aliphatic rings. The van der Waals surface area contributed by atoms with Crippen LogP contribution in [0.1, 0.15) is 17.2 Å². The Kier molecular flexibility index (Phi) is 4.71. The fourth-order valence-electron chi connectivity index (χ4n) is 1.84. The third-order valence-electron chi connectivity index (χ3n) is 2.82. The number of benzene rings is 2. The molecule has 0 aliphatic carbocycles. The van der Waals surface area contributed by atoms with Crippen LogP contribution in [0.25, 0.3) is 0 Å². The van der Waals surface area contributed by atoms with Crippen molar-refractivity contribution in [3.63, 3.8) is 0 Å². The van der Waals surface area contributed by atoms with E-state index in [0.29, 0.717) is 15.4 Å². The number of halogens is 4. The van der Waals surface area contributed by atoms with Crippen LogP contribution in [0.5, 0.6) is 0 Å². The van der Waals surface area contributed by atoms with Crippen molar-refractivity contribution in [3.8, 4) is 0 Å². The molecular weight excluding hydrogens is 380 g/mol. The Morgan fingerprint density at radius 2 is 1.53 bits per heavy atom. The Balaban J connectivity index is 2.23. The van der Waals surface area contributed by atoms with Gasteiger partial charge in [-0.3, -0.25) is 0 Å². The fourth-order valence-corrected chi connectivity index (χ4v) is 2.99. The Labute approximate surface area is 127 Å². The van der Waals surface area contributed by atoms with Crippen LogP contribution in [0.15, 0.2) is 45.3 Å². The summed E-state index contributed by atoms with van der Waals surface area (Å²) >= 11 is 6.61. The first kappa shape index (κ1) is 14.6. The van der Waals surface area contributed by atoms with Crippen LogP contribution in [0, 0.1) is 11.6 Å². The molecule has 1 unspecified atom stereocenters. The smallest absolute Gasteiger partial charge is 0.124 e. The first-order valence-corrected chi connectivity index (χ1v) is 7.20. The Morgan fingerprint density at radius 1 is 0.947 bits per heavy atom. The lowest BCUT2D eigenvalue weighted by Gasteiger charge is -2.15. The summed E-state index contributed by atoms with van der Waals surface area (Å²) < 4.78 is 27.4. The van der Waals surface area contributed by atoms with Crippen LogP contribution < -0.4 is 5.73 Å². The van der Waals surface area contributed by atoms with Gasteiger partial charge in [0.2, 0.25) is 0 Å². The normalized spacial score (nSPS) is 12.5. The van der Waals surface area contributed by atoms with Crippen molar-refractivity contribution in [1.82, 2.24) is 0 Å². The topological polar surface area (TPSA) is 26.0 Å². The van der Waals surface area contributed by atoms with Crippen LogP contribution in [-0.2, 0) is 6.42 Å². The summed E-state index contributed by atoms with van der Waals surface area (Å²) in [6.07, 6.45) is 0.533. The maximum Gasteiger partial charge on any atom is 0.124 e. The number of hydrogen-bond donors (Lipinski definition) is 1. The molecule has 2 rings (SSSR count). The number of nitrogens with two attached hydrogens (primary N) is 1. The predicted octanol–water partition coefficient (Wildman–Crippen LogP) is 4.73. The summed E-state index contributed by atoms with van der Waals surface area (Å²) in [6, 6.07) is 8.61. The third-order valence-corrected chi connectivity index (χ3v) is 4.24. The highest BCUT2D eigenvalue weighted by molar-refractivity contribution is 9.10. The van der Waals surface area contributed by atoms with E-state index in [1.807, 2.05) is 0 Å². The fraction of sp³-hybridized carbons (Fsp3) is 0.143. The molecule has 0 heterocycles. The van der Waals surface area contributed by atoms with Crippen molar-refractivity contribution in [2.24, 2.45) is 5.73 Å². The zero-order valence-corrected chi connectivity index (χ0v) is 13.0. The van der Waals surface area contributed by atoms with Crippen molar-refractivity contribution in [1.29, 1.82) is 0 Å². The van der Waals surface area contributed by atoms with Gasteiger partial charge in [-0.1, -0.05) is 44.0 Å². The summed E-state index contributed by atoms with van der Waals surface area (Å²) in [4.78, 5) is 0. The SMILES string of the molecule is NC(Cc1ccc(F)cc1Br)c1ccc(F)cc1Br. The van der Waals surface area contributed by atoms with Crippen molar-refractivity contribution in [2.45, 2.75) is 12.5 Å². The van der Waals surface area contributed by atoms with E-state index in [-0.39, 0.29) is 17.7 Å². The molecule has 0 saturated heterocycles. The molecule has 0 amide bonds. The predicted molar refractivity (Wildman–Crippen MR) is 78.8 cm³/mol. The number of rotatable bonds is 3. The van der Waals surface area contributed by atoms with E-state index in [0.717, 1.165) is 11.1 Å². The zero-order valence-electron chi connectivity index (χ0n) is 9.84. The second-order valence-electron chi connectivity index (χ2n) is 4.21. The summed E-state index contributed by atoms with van der Waals surface area (Å²) in [5.41, 5.74) is 7.84. The maximum atomic E-state index is 13.0. The van der Waals surface area contributed by atoms with Gasteiger partial charge in [0.05, 0.1) is 0 Å². The highest BCUT2D eigenvalue weighted by atomic mass is 79.9. The van der Waals surface area contributed by atoms with E-state index >= 15 is 0 Å². The monoisotopic (exact) mass is 389 g/mol. The molecular formula is C14H11Br2F2N. The summed E-state index contributed by atoms with van der Waals surface area (Å²) in [6.45, 7) is 0. The van der Waals surface area contributed by atoms with Crippen LogP contribution in [0.3, 0.4) is 0 Å². The van der Waals surface area contributed by atoms with Gasteiger partial charge >= 0.3 is 0 Å². The summed E-state index contributed by atoms with van der Waals surface area (Å²) in [7, 11) is 0. The lowest BCUT2D eigenvalue weighted by Crippen LogP contribution is -2.14. The molecule has 2 aromatic carbocycles. The highest BCUT2D eigenvalue weighted by Gasteiger charge is 2.13. The van der Waals surface area contributed by atoms with Gasteiger partial charge in [0.25, 0.3) is 0 Å². The molecule has 0 radical (unpaired) electrons. The van der Waals surface area contributed by atoms with Gasteiger partial charge in [-0.05, 0) is 41.8 Å². The minimum Gasteiger partial charge on any atom is -0.324 e. The van der Waals surface area contributed by atoms with Crippen LogP contribution in [-0.4, -0.2) is 0 Å². The first-order valence-electron chi connectivity index (χ1n) is 5.62. The molecule has 0 bridgehead atoms. The molecule has 5 heteroatoms. The lowest BCUT2D eigenvalue weighted by atomic mass is 10.00. The number of hydrogen-bond acceptors (Lipinski definition) is 1.